The molecular formula is C37H40F4N6. The molecule has 1 unspecified atom stereocenters. The highest BCUT2D eigenvalue weighted by Crippen LogP contribution is 2.47. The number of imidazole rings is 1. The van der Waals surface area contributed by atoms with Crippen molar-refractivity contribution in [2.24, 2.45) is 5.41 Å². The van der Waals surface area contributed by atoms with E-state index in [-0.39, 0.29) is 41.1 Å². The van der Waals surface area contributed by atoms with Crippen molar-refractivity contribution in [2.45, 2.75) is 96.4 Å². The minimum absolute atomic E-state index is 0.0510. The Morgan fingerprint density at radius 1 is 1.06 bits per heavy atom. The van der Waals surface area contributed by atoms with Crippen molar-refractivity contribution in [2.75, 3.05) is 5.32 Å². The number of benzene rings is 1. The van der Waals surface area contributed by atoms with Gasteiger partial charge in [-0.3, -0.25) is 0 Å². The lowest BCUT2D eigenvalue weighted by Gasteiger charge is -2.29. The summed E-state index contributed by atoms with van der Waals surface area (Å²) in [7, 11) is 0. The molecule has 6 rings (SSSR count). The molecule has 0 saturated heterocycles. The summed E-state index contributed by atoms with van der Waals surface area (Å²) in [4.78, 5) is 17.1. The summed E-state index contributed by atoms with van der Waals surface area (Å²) in [6.45, 7) is 7.81. The molecule has 246 valence electrons. The number of allylic oxidation sites excluding steroid dienone is 3. The summed E-state index contributed by atoms with van der Waals surface area (Å²) >= 11 is 0. The molecule has 10 heteroatoms. The molecule has 4 heterocycles. The summed E-state index contributed by atoms with van der Waals surface area (Å²) < 4.78 is 61.4. The maximum Gasteiger partial charge on any atom is 0.293 e. The number of halogens is 4. The van der Waals surface area contributed by atoms with Gasteiger partial charge in [0, 0.05) is 24.3 Å². The molecular weight excluding hydrogens is 604 g/mol. The Morgan fingerprint density at radius 3 is 2.66 bits per heavy atom. The molecule has 1 aliphatic carbocycles. The quantitative estimate of drug-likeness (QED) is 0.0891. The van der Waals surface area contributed by atoms with Crippen molar-refractivity contribution >= 4 is 22.8 Å². The minimum Gasteiger partial charge on any atom is -0.318 e. The number of aryl methyl sites for hydroxylation is 2. The molecule has 2 aliphatic rings. The molecule has 47 heavy (non-hydrogen) atoms. The first-order valence-electron chi connectivity index (χ1n) is 16.5. The van der Waals surface area contributed by atoms with E-state index in [2.05, 4.69) is 57.5 Å². The Labute approximate surface area is 272 Å². The van der Waals surface area contributed by atoms with Gasteiger partial charge in [0.15, 0.2) is 11.6 Å². The van der Waals surface area contributed by atoms with Crippen LogP contribution in [-0.2, 0) is 12.8 Å². The van der Waals surface area contributed by atoms with Gasteiger partial charge in [-0.05, 0) is 74.1 Å². The Kier molecular flexibility index (Phi) is 9.33. The van der Waals surface area contributed by atoms with Crippen molar-refractivity contribution in [3.05, 3.63) is 89.7 Å². The predicted molar refractivity (Wildman–Crippen MR) is 177 cm³/mol. The second kappa shape index (κ2) is 13.4. The Balaban J connectivity index is 1.17. The lowest BCUT2D eigenvalue weighted by Crippen LogP contribution is -2.26. The van der Waals surface area contributed by atoms with Gasteiger partial charge >= 0.3 is 0 Å². The van der Waals surface area contributed by atoms with E-state index in [0.717, 1.165) is 30.7 Å². The molecule has 4 aromatic rings. The number of nitrogens with zero attached hydrogens (tertiary/aromatic N) is 5. The number of anilines is 2. The molecule has 1 aromatic carbocycles. The molecule has 0 fully saturated rings. The molecule has 0 radical (unpaired) electrons. The average Bonchev–Trinajstić information content (AvgIpc) is 3.76. The second-order valence-corrected chi connectivity index (χ2v) is 13.0. The molecule has 0 spiro atoms. The van der Waals surface area contributed by atoms with Crippen LogP contribution in [0.15, 0.2) is 66.7 Å². The number of nitrogens with one attached hydrogen (secondary N) is 1. The standard InChI is InChI=1S/C37H40F4N6/c1-4-7-17-36(15-5-2)18-14-24(21-36)8-9-25-10-12-31(42-22-25)44-35-43-23-28(39)33(46-35)26-19-27(38)34-29(20-26)47-30(11-13-32(47)45-34)37(40,41)16-6-3/h10,12,14,16,19-20,22-23,30H,3-5,7-9,11,13,15,17-18,21H2,1-2H3,(H,42,43,44,46)/t30-,36?/m0/s1. The molecule has 1 N–H and O–H groups in total. The normalized spacial score (nSPS) is 19.1. The third kappa shape index (κ3) is 6.75. The van der Waals surface area contributed by atoms with Gasteiger partial charge in [0.05, 0.1) is 11.7 Å². The molecule has 2 atom stereocenters. The van der Waals surface area contributed by atoms with Gasteiger partial charge in [0.25, 0.3) is 5.92 Å². The maximum absolute atomic E-state index is 15.3. The third-order valence-corrected chi connectivity index (χ3v) is 9.60. The lowest BCUT2D eigenvalue weighted by atomic mass is 9.76. The van der Waals surface area contributed by atoms with Crippen LogP contribution in [-0.4, -0.2) is 30.4 Å². The van der Waals surface area contributed by atoms with Gasteiger partial charge < -0.3 is 9.88 Å². The fourth-order valence-electron chi connectivity index (χ4n) is 7.31. The van der Waals surface area contributed by atoms with Crippen LogP contribution in [0.5, 0.6) is 0 Å². The van der Waals surface area contributed by atoms with Gasteiger partial charge in [0.2, 0.25) is 5.95 Å². The second-order valence-electron chi connectivity index (χ2n) is 13.0. The van der Waals surface area contributed by atoms with Crippen molar-refractivity contribution < 1.29 is 17.6 Å². The first-order chi connectivity index (χ1) is 22.6. The predicted octanol–water partition coefficient (Wildman–Crippen LogP) is 10.0. The molecule has 3 aromatic heterocycles. The van der Waals surface area contributed by atoms with Crippen LogP contribution in [0.4, 0.5) is 29.3 Å². The first kappa shape index (κ1) is 32.6. The van der Waals surface area contributed by atoms with Gasteiger partial charge in [-0.1, -0.05) is 57.4 Å². The summed E-state index contributed by atoms with van der Waals surface area (Å²) in [5, 5.41) is 3.00. The summed E-state index contributed by atoms with van der Waals surface area (Å²) in [5.41, 5.74) is 5.25. The van der Waals surface area contributed by atoms with E-state index in [1.165, 1.54) is 61.2 Å². The minimum atomic E-state index is -3.27. The number of hydrogen-bond donors (Lipinski definition) is 1. The van der Waals surface area contributed by atoms with E-state index in [4.69, 9.17) is 0 Å². The van der Waals surface area contributed by atoms with Crippen LogP contribution in [0.2, 0.25) is 0 Å². The van der Waals surface area contributed by atoms with Crippen LogP contribution < -0.4 is 5.32 Å². The summed E-state index contributed by atoms with van der Waals surface area (Å²) in [6, 6.07) is 5.09. The van der Waals surface area contributed by atoms with Crippen LogP contribution >= 0.6 is 0 Å². The highest BCUT2D eigenvalue weighted by Gasteiger charge is 2.43. The lowest BCUT2D eigenvalue weighted by molar-refractivity contribution is 0.00214. The van der Waals surface area contributed by atoms with E-state index in [1.807, 2.05) is 18.3 Å². The van der Waals surface area contributed by atoms with Gasteiger partial charge in [-0.15, -0.1) is 5.73 Å². The zero-order chi connectivity index (χ0) is 33.2. The van der Waals surface area contributed by atoms with Gasteiger partial charge in [-0.25, -0.2) is 28.7 Å². The fraction of sp³-hybridized carbons (Fsp3) is 0.432. The molecule has 0 amide bonds. The monoisotopic (exact) mass is 644 g/mol. The van der Waals surface area contributed by atoms with E-state index in [9.17, 15) is 8.78 Å². The smallest absolute Gasteiger partial charge is 0.293 e. The zero-order valence-corrected chi connectivity index (χ0v) is 26.9. The van der Waals surface area contributed by atoms with E-state index < -0.39 is 23.6 Å². The highest BCUT2D eigenvalue weighted by molar-refractivity contribution is 5.83. The summed E-state index contributed by atoms with van der Waals surface area (Å²) in [6.07, 6.45) is 16.9. The number of alkyl halides is 2. The Morgan fingerprint density at radius 2 is 1.91 bits per heavy atom. The van der Waals surface area contributed by atoms with Crippen LogP contribution in [0, 0.1) is 17.0 Å². The topological polar surface area (TPSA) is 68.5 Å². The van der Waals surface area contributed by atoms with Crippen LogP contribution in [0.25, 0.3) is 22.3 Å². The molecule has 1 aliphatic heterocycles. The number of aromatic nitrogens is 5. The van der Waals surface area contributed by atoms with E-state index in [1.54, 1.807) is 0 Å². The van der Waals surface area contributed by atoms with Gasteiger partial charge in [-0.2, -0.15) is 8.78 Å². The Hall–Kier alpha value is -4.30. The van der Waals surface area contributed by atoms with E-state index >= 15 is 8.78 Å². The number of unbranched alkanes of at least 4 members (excludes halogenated alkanes) is 1. The van der Waals surface area contributed by atoms with Crippen molar-refractivity contribution in [3.8, 4) is 11.3 Å². The van der Waals surface area contributed by atoms with Crippen LogP contribution in [0.3, 0.4) is 0 Å². The summed E-state index contributed by atoms with van der Waals surface area (Å²) in [5.74, 6) is -3.92. The average molecular weight is 645 g/mol. The Bertz CT molecular complexity index is 1840. The highest BCUT2D eigenvalue weighted by atomic mass is 19.3. The number of rotatable bonds is 13. The molecule has 6 nitrogen and oxygen atoms in total. The van der Waals surface area contributed by atoms with Crippen LogP contribution in [0.1, 0.15) is 89.1 Å². The van der Waals surface area contributed by atoms with Gasteiger partial charge in [0.1, 0.15) is 28.9 Å². The largest absolute Gasteiger partial charge is 0.318 e. The fourth-order valence-corrected chi connectivity index (χ4v) is 7.31. The number of hydrogen-bond acceptors (Lipinski definition) is 5. The third-order valence-electron chi connectivity index (χ3n) is 9.60. The first-order valence-corrected chi connectivity index (χ1v) is 16.5. The molecule has 0 bridgehead atoms. The number of pyridine rings is 1. The van der Waals surface area contributed by atoms with Crippen molar-refractivity contribution in [1.82, 2.24) is 24.5 Å². The zero-order valence-electron chi connectivity index (χ0n) is 26.9. The number of fused-ring (bicyclic) bond motifs is 3. The van der Waals surface area contributed by atoms with E-state index in [0.29, 0.717) is 23.1 Å². The molecule has 0 saturated carbocycles. The van der Waals surface area contributed by atoms with Crippen molar-refractivity contribution in [3.63, 3.8) is 0 Å². The van der Waals surface area contributed by atoms with Crippen molar-refractivity contribution in [1.29, 1.82) is 0 Å². The maximum atomic E-state index is 15.3. The SMILES string of the molecule is C=C=CC(F)(F)[C@@H]1CCc2nc3c(F)cc(-c4nc(Nc5ccc(CCC6=CCC(CCC)(CCCC)C6)cn5)ncc4F)cc3n21.